The predicted octanol–water partition coefficient (Wildman–Crippen LogP) is 3.28. The second-order valence-corrected chi connectivity index (χ2v) is 8.34. The summed E-state index contributed by atoms with van der Waals surface area (Å²) in [5, 5.41) is 5.66. The van der Waals surface area contributed by atoms with Gasteiger partial charge >= 0.3 is 0 Å². The van der Waals surface area contributed by atoms with Gasteiger partial charge in [0.2, 0.25) is 5.91 Å². The van der Waals surface area contributed by atoms with Gasteiger partial charge in [-0.1, -0.05) is 26.7 Å². The molecule has 2 heterocycles. The smallest absolute Gasteiger partial charge is 0.287 e. The molecular formula is C23H31N3O5. The molecule has 8 nitrogen and oxygen atoms in total. The summed E-state index contributed by atoms with van der Waals surface area (Å²) in [5.74, 6) is -0.219. The second-order valence-electron chi connectivity index (χ2n) is 8.34. The first kappa shape index (κ1) is 22.7. The standard InChI is InChI=1S/C23H31N3O5/c1-16(2)11-12-26(20(27)15-24-22(28)19-10-6-14-31-19)21(18-9-5-13-30-18)23(29)25-17-7-3-4-8-17/h5-6,9-10,13-14,16-17,21H,3-4,7-8,11-12,15H2,1-2H3,(H,24,28)(H,25,29)/t21-/m0/s1. The highest BCUT2D eigenvalue weighted by Crippen LogP contribution is 2.25. The molecule has 0 aromatic carbocycles. The van der Waals surface area contributed by atoms with Crippen LogP contribution in [-0.2, 0) is 9.59 Å². The van der Waals surface area contributed by atoms with Crippen LogP contribution >= 0.6 is 0 Å². The lowest BCUT2D eigenvalue weighted by atomic mass is 10.1. The highest BCUT2D eigenvalue weighted by Gasteiger charge is 2.35. The molecule has 0 spiro atoms. The number of hydrogen-bond donors (Lipinski definition) is 2. The quantitative estimate of drug-likeness (QED) is 0.603. The van der Waals surface area contributed by atoms with Gasteiger partial charge < -0.3 is 24.4 Å². The van der Waals surface area contributed by atoms with E-state index in [9.17, 15) is 14.4 Å². The van der Waals surface area contributed by atoms with Crippen molar-refractivity contribution in [2.75, 3.05) is 13.1 Å². The average Bonchev–Trinajstić information content (AvgIpc) is 3.51. The first-order valence-corrected chi connectivity index (χ1v) is 10.9. The van der Waals surface area contributed by atoms with E-state index < -0.39 is 11.9 Å². The monoisotopic (exact) mass is 429 g/mol. The van der Waals surface area contributed by atoms with Gasteiger partial charge in [-0.2, -0.15) is 0 Å². The Hall–Kier alpha value is -3.03. The zero-order valence-electron chi connectivity index (χ0n) is 18.1. The van der Waals surface area contributed by atoms with Crippen molar-refractivity contribution >= 4 is 17.7 Å². The van der Waals surface area contributed by atoms with Crippen LogP contribution in [0.2, 0.25) is 0 Å². The third-order valence-corrected chi connectivity index (χ3v) is 5.49. The van der Waals surface area contributed by atoms with Crippen molar-refractivity contribution in [3.05, 3.63) is 48.3 Å². The largest absolute Gasteiger partial charge is 0.467 e. The van der Waals surface area contributed by atoms with E-state index in [1.807, 2.05) is 0 Å². The zero-order chi connectivity index (χ0) is 22.2. The van der Waals surface area contributed by atoms with Crippen LogP contribution in [0.3, 0.4) is 0 Å². The number of hydrogen-bond acceptors (Lipinski definition) is 5. The molecule has 3 rings (SSSR count). The van der Waals surface area contributed by atoms with Crippen LogP contribution in [0.1, 0.15) is 68.3 Å². The van der Waals surface area contributed by atoms with Gasteiger partial charge in [-0.25, -0.2) is 0 Å². The van der Waals surface area contributed by atoms with Crippen molar-refractivity contribution < 1.29 is 23.2 Å². The van der Waals surface area contributed by atoms with Gasteiger partial charge in [0.05, 0.1) is 19.1 Å². The summed E-state index contributed by atoms with van der Waals surface area (Å²) >= 11 is 0. The molecule has 1 fully saturated rings. The van der Waals surface area contributed by atoms with E-state index in [0.717, 1.165) is 25.7 Å². The van der Waals surface area contributed by atoms with Crippen molar-refractivity contribution in [1.82, 2.24) is 15.5 Å². The summed E-state index contributed by atoms with van der Waals surface area (Å²) in [6.07, 6.45) is 7.66. The van der Waals surface area contributed by atoms with Crippen LogP contribution in [0.4, 0.5) is 0 Å². The Morgan fingerprint density at radius 1 is 1.10 bits per heavy atom. The van der Waals surface area contributed by atoms with Crippen LogP contribution in [0.15, 0.2) is 45.6 Å². The number of rotatable bonds is 10. The summed E-state index contributed by atoms with van der Waals surface area (Å²) in [6, 6.07) is 5.77. The highest BCUT2D eigenvalue weighted by molar-refractivity contribution is 5.95. The molecule has 31 heavy (non-hydrogen) atoms. The first-order chi connectivity index (χ1) is 15.0. The van der Waals surface area contributed by atoms with Crippen LogP contribution in [0.5, 0.6) is 0 Å². The zero-order valence-corrected chi connectivity index (χ0v) is 18.1. The molecular weight excluding hydrogens is 398 g/mol. The van der Waals surface area contributed by atoms with Gasteiger partial charge in [-0.3, -0.25) is 14.4 Å². The second kappa shape index (κ2) is 10.8. The lowest BCUT2D eigenvalue weighted by Crippen LogP contribution is -2.49. The summed E-state index contributed by atoms with van der Waals surface area (Å²) < 4.78 is 10.6. The minimum Gasteiger partial charge on any atom is -0.467 e. The molecule has 1 aliphatic carbocycles. The fourth-order valence-corrected chi connectivity index (χ4v) is 3.77. The number of nitrogens with one attached hydrogen (secondary N) is 2. The maximum Gasteiger partial charge on any atom is 0.287 e. The Labute approximate surface area is 182 Å². The van der Waals surface area contributed by atoms with Gasteiger partial charge in [0.25, 0.3) is 11.8 Å². The molecule has 0 aliphatic heterocycles. The predicted molar refractivity (Wildman–Crippen MR) is 114 cm³/mol. The number of furan rings is 2. The topological polar surface area (TPSA) is 105 Å². The van der Waals surface area contributed by atoms with Gasteiger partial charge in [0, 0.05) is 12.6 Å². The normalized spacial score (nSPS) is 15.1. The Balaban J connectivity index is 1.76. The number of amides is 3. The molecule has 1 atom stereocenters. The van der Waals surface area contributed by atoms with Gasteiger partial charge in [0.15, 0.2) is 11.8 Å². The number of carbonyl (C=O) groups is 3. The Morgan fingerprint density at radius 3 is 2.42 bits per heavy atom. The van der Waals surface area contributed by atoms with Gasteiger partial charge in [-0.05, 0) is 49.4 Å². The number of nitrogens with zero attached hydrogens (tertiary/aromatic N) is 1. The van der Waals surface area contributed by atoms with Crippen LogP contribution in [-0.4, -0.2) is 41.8 Å². The Kier molecular flexibility index (Phi) is 7.92. The van der Waals surface area contributed by atoms with Crippen LogP contribution < -0.4 is 10.6 Å². The van der Waals surface area contributed by atoms with Gasteiger partial charge in [0.1, 0.15) is 5.76 Å². The fourth-order valence-electron chi connectivity index (χ4n) is 3.77. The summed E-state index contributed by atoms with van der Waals surface area (Å²) in [4.78, 5) is 40.1. The third-order valence-electron chi connectivity index (χ3n) is 5.49. The highest BCUT2D eigenvalue weighted by atomic mass is 16.3. The van der Waals surface area contributed by atoms with E-state index in [1.54, 1.807) is 18.2 Å². The van der Waals surface area contributed by atoms with Crippen molar-refractivity contribution in [2.45, 2.75) is 58.0 Å². The molecule has 168 valence electrons. The molecule has 0 saturated heterocycles. The first-order valence-electron chi connectivity index (χ1n) is 10.9. The molecule has 2 N–H and O–H groups in total. The molecule has 1 saturated carbocycles. The lowest BCUT2D eigenvalue weighted by Gasteiger charge is -2.31. The summed E-state index contributed by atoms with van der Waals surface area (Å²) in [6.45, 7) is 4.24. The Bertz CT molecular complexity index is 839. The SMILES string of the molecule is CC(C)CCN(C(=O)CNC(=O)c1ccco1)[C@H](C(=O)NC1CCCC1)c1ccco1. The minimum absolute atomic E-state index is 0.116. The maximum atomic E-state index is 13.2. The van der Waals surface area contributed by atoms with Crippen molar-refractivity contribution in [2.24, 2.45) is 5.92 Å². The summed E-state index contributed by atoms with van der Waals surface area (Å²) in [5.41, 5.74) is 0. The maximum absolute atomic E-state index is 13.2. The van der Waals surface area contributed by atoms with Crippen molar-refractivity contribution in [1.29, 1.82) is 0 Å². The molecule has 8 heteroatoms. The van der Waals surface area contributed by atoms with E-state index in [-0.39, 0.29) is 30.2 Å². The van der Waals surface area contributed by atoms with E-state index >= 15 is 0 Å². The lowest BCUT2D eigenvalue weighted by molar-refractivity contribution is -0.141. The van der Waals surface area contributed by atoms with E-state index in [2.05, 4.69) is 24.5 Å². The molecule has 2 aromatic rings. The van der Waals surface area contributed by atoms with Crippen molar-refractivity contribution in [3.8, 4) is 0 Å². The van der Waals surface area contributed by atoms with Gasteiger partial charge in [-0.15, -0.1) is 0 Å². The minimum atomic E-state index is -0.887. The average molecular weight is 430 g/mol. The molecule has 1 aliphatic rings. The molecule has 2 aromatic heterocycles. The van der Waals surface area contributed by atoms with E-state index in [0.29, 0.717) is 24.6 Å². The number of carbonyl (C=O) groups excluding carboxylic acids is 3. The van der Waals surface area contributed by atoms with Crippen molar-refractivity contribution in [3.63, 3.8) is 0 Å². The van der Waals surface area contributed by atoms with E-state index in [1.165, 1.54) is 23.5 Å². The Morgan fingerprint density at radius 2 is 1.81 bits per heavy atom. The molecule has 0 bridgehead atoms. The fraction of sp³-hybridized carbons (Fsp3) is 0.522. The summed E-state index contributed by atoms with van der Waals surface area (Å²) in [7, 11) is 0. The van der Waals surface area contributed by atoms with E-state index in [4.69, 9.17) is 8.83 Å². The third kappa shape index (κ3) is 6.23. The molecule has 0 radical (unpaired) electrons. The van der Waals surface area contributed by atoms with Crippen LogP contribution in [0.25, 0.3) is 0 Å². The molecule has 3 amide bonds. The van der Waals surface area contributed by atoms with Crippen LogP contribution in [0, 0.1) is 5.92 Å². The molecule has 0 unspecified atom stereocenters.